The predicted octanol–water partition coefficient (Wildman–Crippen LogP) is 9.64. The van der Waals surface area contributed by atoms with Gasteiger partial charge in [0.2, 0.25) is 0 Å². The van der Waals surface area contributed by atoms with E-state index in [4.69, 9.17) is 18.3 Å². The van der Waals surface area contributed by atoms with Gasteiger partial charge in [0.05, 0.1) is 32.5 Å². The highest BCUT2D eigenvalue weighted by Gasteiger charge is 2.45. The summed E-state index contributed by atoms with van der Waals surface area (Å²) in [5, 5.41) is 0.119. The summed E-state index contributed by atoms with van der Waals surface area (Å²) in [7, 11) is -2.20. The minimum atomic E-state index is -2.04. The molecule has 0 aliphatic carbocycles. The highest BCUT2D eigenvalue weighted by molar-refractivity contribution is 6.74. The number of methoxy groups -OCH3 is 1. The molecule has 224 valence electrons. The van der Waals surface area contributed by atoms with Crippen LogP contribution in [0.25, 0.3) is 0 Å². The van der Waals surface area contributed by atoms with Crippen LogP contribution in [0.15, 0.2) is 49.1 Å². The van der Waals surface area contributed by atoms with Crippen molar-refractivity contribution >= 4 is 16.6 Å². The van der Waals surface area contributed by atoms with Gasteiger partial charge >= 0.3 is 0 Å². The molecule has 39 heavy (non-hydrogen) atoms. The van der Waals surface area contributed by atoms with Gasteiger partial charge in [-0.15, -0.1) is 0 Å². The third-order valence-electron chi connectivity index (χ3n) is 9.03. The first-order chi connectivity index (χ1) is 18.2. The van der Waals surface area contributed by atoms with Gasteiger partial charge in [0.1, 0.15) is 5.75 Å². The Bertz CT molecular complexity index is 847. The van der Waals surface area contributed by atoms with Gasteiger partial charge in [0.15, 0.2) is 16.6 Å². The second-order valence-corrected chi connectivity index (χ2v) is 22.3. The van der Waals surface area contributed by atoms with E-state index in [1.54, 1.807) is 7.11 Å². The molecule has 0 heterocycles. The van der Waals surface area contributed by atoms with Crippen molar-refractivity contribution < 1.29 is 18.3 Å². The second kappa shape index (κ2) is 16.3. The summed E-state index contributed by atoms with van der Waals surface area (Å²) in [5.74, 6) is 1.54. The Morgan fingerprint density at radius 3 is 1.92 bits per heavy atom. The van der Waals surface area contributed by atoms with Crippen molar-refractivity contribution in [1.82, 2.24) is 0 Å². The van der Waals surface area contributed by atoms with E-state index in [-0.39, 0.29) is 35.0 Å². The maximum Gasteiger partial charge on any atom is 0.192 e. The van der Waals surface area contributed by atoms with Crippen molar-refractivity contribution in [2.75, 3.05) is 13.7 Å². The van der Waals surface area contributed by atoms with E-state index in [0.29, 0.717) is 13.2 Å². The molecule has 0 saturated carbocycles. The molecule has 0 aliphatic heterocycles. The molecule has 0 aromatic heterocycles. The monoisotopic (exact) mass is 576 g/mol. The molecule has 0 N–H and O–H groups in total. The van der Waals surface area contributed by atoms with Crippen molar-refractivity contribution in [2.45, 2.75) is 117 Å². The van der Waals surface area contributed by atoms with Crippen LogP contribution in [0.5, 0.6) is 5.75 Å². The summed E-state index contributed by atoms with van der Waals surface area (Å²) in [6, 6.07) is 11.5. The van der Waals surface area contributed by atoms with Gasteiger partial charge in [-0.05, 0) is 59.9 Å². The lowest BCUT2D eigenvalue weighted by Gasteiger charge is -2.46. The smallest absolute Gasteiger partial charge is 0.192 e. The molecule has 0 amide bonds. The van der Waals surface area contributed by atoms with E-state index >= 15 is 0 Å². The average Bonchev–Trinajstić information content (AvgIpc) is 2.90. The normalized spacial score (nSPS) is 17.0. The van der Waals surface area contributed by atoms with Crippen molar-refractivity contribution in [2.24, 2.45) is 17.8 Å². The minimum absolute atomic E-state index is 0.0311. The Morgan fingerprint density at radius 1 is 0.897 bits per heavy atom. The Balaban J connectivity index is 3.31. The van der Waals surface area contributed by atoms with E-state index in [9.17, 15) is 0 Å². The van der Waals surface area contributed by atoms with Gasteiger partial charge in [0, 0.05) is 11.8 Å². The molecule has 0 spiro atoms. The lowest BCUT2D eigenvalue weighted by Crippen LogP contribution is -2.53. The van der Waals surface area contributed by atoms with Crippen molar-refractivity contribution in [3.8, 4) is 5.75 Å². The maximum atomic E-state index is 7.27. The quantitative estimate of drug-likeness (QED) is 0.129. The molecule has 0 unspecified atom stereocenters. The fourth-order valence-corrected chi connectivity index (χ4v) is 9.46. The van der Waals surface area contributed by atoms with Crippen LogP contribution in [0.2, 0.25) is 36.3 Å². The third kappa shape index (κ3) is 10.6. The first-order valence-corrected chi connectivity index (χ1v) is 20.5. The Hall–Kier alpha value is -1.19. The summed E-state index contributed by atoms with van der Waals surface area (Å²) >= 11 is 0. The van der Waals surface area contributed by atoms with E-state index in [0.717, 1.165) is 29.4 Å². The Labute approximate surface area is 243 Å². The summed E-state index contributed by atoms with van der Waals surface area (Å²) < 4.78 is 26.1. The van der Waals surface area contributed by atoms with Crippen LogP contribution in [-0.2, 0) is 20.2 Å². The van der Waals surface area contributed by atoms with Crippen LogP contribution < -0.4 is 4.74 Å². The Morgan fingerprint density at radius 2 is 1.46 bits per heavy atom. The molecule has 0 saturated heterocycles. The van der Waals surface area contributed by atoms with Gasteiger partial charge in [-0.1, -0.05) is 99.3 Å². The first-order valence-electron chi connectivity index (χ1n) is 15.1. The summed E-state index contributed by atoms with van der Waals surface area (Å²) in [5.41, 5.74) is 1.15. The molecule has 0 bridgehead atoms. The molecular formula is C33H60O4Si2. The van der Waals surface area contributed by atoms with Crippen LogP contribution in [0.4, 0.5) is 0 Å². The summed E-state index contributed by atoms with van der Waals surface area (Å²) in [6.45, 7) is 30.6. The van der Waals surface area contributed by atoms with Gasteiger partial charge in [-0.3, -0.25) is 0 Å². The highest BCUT2D eigenvalue weighted by atomic mass is 28.4. The molecule has 1 aromatic rings. The molecule has 5 atom stereocenters. The van der Waals surface area contributed by atoms with Gasteiger partial charge in [-0.25, -0.2) is 0 Å². The lowest BCUT2D eigenvalue weighted by molar-refractivity contribution is -0.0322. The van der Waals surface area contributed by atoms with Crippen LogP contribution in [0.1, 0.15) is 67.9 Å². The third-order valence-corrected chi connectivity index (χ3v) is 18.1. The van der Waals surface area contributed by atoms with Crippen LogP contribution in [0, 0.1) is 17.8 Å². The van der Waals surface area contributed by atoms with E-state index in [2.05, 4.69) is 106 Å². The SMILES string of the molecule is C=C/C=C\[C@H](C)[C@H](O[Si](CC)(CC)CC)[C@@H](C)[C@H](O[Si](C)(C)C(C)(C)C)[C@@H](C)COCc1ccc(OC)cc1. The Kier molecular flexibility index (Phi) is 15.0. The van der Waals surface area contributed by atoms with Crippen LogP contribution >= 0.6 is 0 Å². The lowest BCUT2D eigenvalue weighted by atomic mass is 9.84. The summed E-state index contributed by atoms with van der Waals surface area (Å²) in [4.78, 5) is 0. The molecule has 0 fully saturated rings. The number of hydrogen-bond donors (Lipinski definition) is 0. The number of ether oxygens (including phenoxy) is 2. The number of allylic oxidation sites excluding steroid dienone is 2. The standard InChI is InChI=1S/C33H60O4Si2/c1-14-18-19-26(5)31(37-39(15-2,16-3)17-4)28(7)32(36-38(12,13)33(8,9)10)27(6)24-35-25-29-20-22-30(34-11)23-21-29/h14,18-23,26-28,31-32H,1,15-17,24-25H2,2-13H3/b19-18-/t26-,27-,28+,31-,32+/m0/s1. The average molecular weight is 577 g/mol. The minimum Gasteiger partial charge on any atom is -0.497 e. The van der Waals surface area contributed by atoms with Crippen molar-refractivity contribution in [1.29, 1.82) is 0 Å². The topological polar surface area (TPSA) is 36.9 Å². The summed E-state index contributed by atoms with van der Waals surface area (Å²) in [6.07, 6.45) is 6.28. The predicted molar refractivity (Wildman–Crippen MR) is 174 cm³/mol. The van der Waals surface area contributed by atoms with E-state index in [1.165, 1.54) is 0 Å². The fourth-order valence-electron chi connectivity index (χ4n) is 4.97. The molecule has 6 heteroatoms. The van der Waals surface area contributed by atoms with Crippen LogP contribution in [0.3, 0.4) is 0 Å². The van der Waals surface area contributed by atoms with E-state index < -0.39 is 16.6 Å². The van der Waals surface area contributed by atoms with Crippen molar-refractivity contribution in [3.05, 3.63) is 54.6 Å². The molecule has 0 aliphatic rings. The second-order valence-electron chi connectivity index (χ2n) is 12.8. The molecule has 1 rings (SSSR count). The number of rotatable bonds is 18. The molecular weight excluding hydrogens is 517 g/mol. The zero-order chi connectivity index (χ0) is 29.9. The maximum absolute atomic E-state index is 7.27. The molecule has 4 nitrogen and oxygen atoms in total. The largest absolute Gasteiger partial charge is 0.497 e. The molecule has 0 radical (unpaired) electrons. The van der Waals surface area contributed by atoms with Crippen molar-refractivity contribution in [3.63, 3.8) is 0 Å². The fraction of sp³-hybridized carbons (Fsp3) is 0.697. The zero-order valence-corrected chi connectivity index (χ0v) is 29.3. The highest BCUT2D eigenvalue weighted by Crippen LogP contribution is 2.41. The van der Waals surface area contributed by atoms with Gasteiger partial charge in [-0.2, -0.15) is 0 Å². The number of benzene rings is 1. The zero-order valence-electron chi connectivity index (χ0n) is 27.3. The van der Waals surface area contributed by atoms with Crippen LogP contribution in [-0.4, -0.2) is 42.6 Å². The van der Waals surface area contributed by atoms with E-state index in [1.807, 2.05) is 18.2 Å². The number of hydrogen-bond acceptors (Lipinski definition) is 4. The van der Waals surface area contributed by atoms with Gasteiger partial charge in [0.25, 0.3) is 0 Å². The first kappa shape index (κ1) is 35.8. The molecule has 1 aromatic carbocycles. The van der Waals surface area contributed by atoms with Gasteiger partial charge < -0.3 is 18.3 Å².